The first-order valence-electron chi connectivity index (χ1n) is 2.89. The summed E-state index contributed by atoms with van der Waals surface area (Å²) in [6.45, 7) is 7.28. The molecule has 0 saturated carbocycles. The van der Waals surface area contributed by atoms with E-state index >= 15 is 0 Å². The van der Waals surface area contributed by atoms with Crippen LogP contribution in [-0.4, -0.2) is 18.2 Å². The van der Waals surface area contributed by atoms with Crippen LogP contribution in [0.1, 0.15) is 13.8 Å². The van der Waals surface area contributed by atoms with Crippen LogP contribution in [0, 0.1) is 0 Å². The molecule has 0 fully saturated rings. The predicted octanol–water partition coefficient (Wildman–Crippen LogP) is 1.27. The minimum absolute atomic E-state index is 0.232. The summed E-state index contributed by atoms with van der Waals surface area (Å²) in [5, 5.41) is 3.26. The van der Waals surface area contributed by atoms with Crippen LogP contribution in [0.2, 0.25) is 0 Å². The van der Waals surface area contributed by atoms with Crippen molar-refractivity contribution >= 4 is 0 Å². The summed E-state index contributed by atoms with van der Waals surface area (Å²) in [7, 11) is 1.30. The Bertz CT molecular complexity index is 99.2. The average molecular weight is 132 g/mol. The number of nitrogens with one attached hydrogen (secondary N) is 1. The Kier molecular flexibility index (Phi) is 3.06. The third kappa shape index (κ3) is 3.82. The number of rotatable bonds is 3. The van der Waals surface area contributed by atoms with Crippen molar-refractivity contribution in [2.75, 3.05) is 7.05 Å². The standard InChI is InChI=1S/C6H13FN2/c1-5(2)8-6(3)9(4)7/h5,8H,3H2,1-2,4H3. The van der Waals surface area contributed by atoms with Gasteiger partial charge in [0.2, 0.25) is 0 Å². The van der Waals surface area contributed by atoms with Crippen molar-refractivity contribution in [1.82, 2.24) is 10.4 Å². The maximum Gasteiger partial charge on any atom is 0.124 e. The van der Waals surface area contributed by atoms with E-state index in [0.717, 1.165) is 0 Å². The lowest BCUT2D eigenvalue weighted by Gasteiger charge is -2.15. The van der Waals surface area contributed by atoms with Crippen LogP contribution in [0.3, 0.4) is 0 Å². The fourth-order valence-electron chi connectivity index (χ4n) is 0.422. The molecule has 54 valence electrons. The van der Waals surface area contributed by atoms with E-state index in [1.54, 1.807) is 0 Å². The smallest absolute Gasteiger partial charge is 0.124 e. The van der Waals surface area contributed by atoms with Gasteiger partial charge in [-0.3, -0.25) is 0 Å². The van der Waals surface area contributed by atoms with Crippen LogP contribution in [0.15, 0.2) is 12.4 Å². The van der Waals surface area contributed by atoms with Crippen LogP contribution < -0.4 is 5.32 Å². The van der Waals surface area contributed by atoms with Gasteiger partial charge in [-0.2, -0.15) is 5.12 Å². The molecule has 0 rings (SSSR count). The number of nitrogens with zero attached hydrogens (tertiary/aromatic N) is 1. The van der Waals surface area contributed by atoms with Crippen LogP contribution in [0.25, 0.3) is 0 Å². The molecule has 0 bridgehead atoms. The summed E-state index contributed by atoms with van der Waals surface area (Å²) in [6.07, 6.45) is 0. The van der Waals surface area contributed by atoms with Crippen molar-refractivity contribution in [3.63, 3.8) is 0 Å². The molecular weight excluding hydrogens is 119 g/mol. The monoisotopic (exact) mass is 132 g/mol. The van der Waals surface area contributed by atoms with Gasteiger partial charge < -0.3 is 5.32 Å². The molecule has 0 amide bonds. The van der Waals surface area contributed by atoms with Gasteiger partial charge in [0.1, 0.15) is 5.82 Å². The van der Waals surface area contributed by atoms with Crippen LogP contribution in [0.4, 0.5) is 4.48 Å². The maximum absolute atomic E-state index is 12.1. The molecule has 0 aromatic carbocycles. The molecule has 0 heterocycles. The highest BCUT2D eigenvalue weighted by Crippen LogP contribution is 1.94. The lowest BCUT2D eigenvalue weighted by Crippen LogP contribution is -2.27. The summed E-state index contributed by atoms with van der Waals surface area (Å²) in [6, 6.07) is 0.232. The van der Waals surface area contributed by atoms with Crippen LogP contribution in [0.5, 0.6) is 0 Å². The van der Waals surface area contributed by atoms with Gasteiger partial charge in [-0.15, -0.1) is 0 Å². The molecule has 0 spiro atoms. The van der Waals surface area contributed by atoms with E-state index in [2.05, 4.69) is 11.9 Å². The van der Waals surface area contributed by atoms with Gasteiger partial charge in [0.15, 0.2) is 0 Å². The van der Waals surface area contributed by atoms with E-state index in [4.69, 9.17) is 0 Å². The fourth-order valence-corrected chi connectivity index (χ4v) is 0.422. The van der Waals surface area contributed by atoms with Crippen molar-refractivity contribution < 1.29 is 4.48 Å². The lowest BCUT2D eigenvalue weighted by molar-refractivity contribution is 0.0950. The van der Waals surface area contributed by atoms with Crippen molar-refractivity contribution in [3.05, 3.63) is 12.4 Å². The van der Waals surface area contributed by atoms with Crippen molar-refractivity contribution in [1.29, 1.82) is 0 Å². The van der Waals surface area contributed by atoms with Gasteiger partial charge in [-0.1, -0.05) is 11.1 Å². The summed E-state index contributed by atoms with van der Waals surface area (Å²) in [5.74, 6) is 0.296. The number of halogens is 1. The second-order valence-electron chi connectivity index (χ2n) is 2.22. The molecule has 0 aromatic rings. The molecule has 9 heavy (non-hydrogen) atoms. The molecule has 0 aliphatic rings. The average Bonchev–Trinajstić information content (AvgIpc) is 1.63. The molecule has 1 N–H and O–H groups in total. The zero-order chi connectivity index (χ0) is 7.44. The van der Waals surface area contributed by atoms with Gasteiger partial charge in [0.25, 0.3) is 0 Å². The Balaban J connectivity index is 3.51. The predicted molar refractivity (Wildman–Crippen MR) is 36.3 cm³/mol. The van der Waals surface area contributed by atoms with Crippen molar-refractivity contribution in [2.24, 2.45) is 0 Å². The molecule has 0 aromatic heterocycles. The minimum Gasteiger partial charge on any atom is -0.368 e. The van der Waals surface area contributed by atoms with Gasteiger partial charge in [-0.05, 0) is 13.8 Å². The normalized spacial score (nSPS) is 9.44. The molecule has 0 saturated heterocycles. The highest BCUT2D eigenvalue weighted by molar-refractivity contribution is 4.86. The van der Waals surface area contributed by atoms with E-state index in [1.807, 2.05) is 13.8 Å². The highest BCUT2D eigenvalue weighted by atomic mass is 19.2. The third-order valence-corrected chi connectivity index (χ3v) is 0.827. The highest BCUT2D eigenvalue weighted by Gasteiger charge is 1.98. The number of hydrogen-bond acceptors (Lipinski definition) is 2. The zero-order valence-electron chi connectivity index (χ0n) is 6.11. The third-order valence-electron chi connectivity index (χ3n) is 0.827. The van der Waals surface area contributed by atoms with E-state index in [0.29, 0.717) is 10.9 Å². The lowest BCUT2D eigenvalue weighted by atomic mass is 10.4. The molecule has 0 aliphatic heterocycles. The zero-order valence-corrected chi connectivity index (χ0v) is 6.11. The SMILES string of the molecule is C=C(NC(C)C)N(C)F. The second-order valence-corrected chi connectivity index (χ2v) is 2.22. The largest absolute Gasteiger partial charge is 0.368 e. The Morgan fingerprint density at radius 2 is 2.11 bits per heavy atom. The topological polar surface area (TPSA) is 15.3 Å². The first kappa shape index (κ1) is 8.27. The molecule has 0 unspecified atom stereocenters. The van der Waals surface area contributed by atoms with Crippen LogP contribution in [-0.2, 0) is 0 Å². The maximum atomic E-state index is 12.1. The summed E-state index contributed by atoms with van der Waals surface area (Å²) >= 11 is 0. The Morgan fingerprint density at radius 1 is 1.67 bits per heavy atom. The van der Waals surface area contributed by atoms with E-state index in [1.165, 1.54) is 7.05 Å². The second kappa shape index (κ2) is 3.33. The quantitative estimate of drug-likeness (QED) is 0.582. The summed E-state index contributed by atoms with van der Waals surface area (Å²) < 4.78 is 12.1. The van der Waals surface area contributed by atoms with Crippen molar-refractivity contribution in [3.8, 4) is 0 Å². The van der Waals surface area contributed by atoms with Gasteiger partial charge in [-0.25, -0.2) is 0 Å². The summed E-state index contributed by atoms with van der Waals surface area (Å²) in [4.78, 5) is 0. The van der Waals surface area contributed by atoms with E-state index < -0.39 is 0 Å². The summed E-state index contributed by atoms with van der Waals surface area (Å²) in [5.41, 5.74) is 0. The first-order chi connectivity index (χ1) is 4.04. The Morgan fingerprint density at radius 3 is 2.22 bits per heavy atom. The van der Waals surface area contributed by atoms with Gasteiger partial charge in [0, 0.05) is 13.1 Å². The number of hydrogen-bond donors (Lipinski definition) is 1. The van der Waals surface area contributed by atoms with Crippen LogP contribution >= 0.6 is 0 Å². The van der Waals surface area contributed by atoms with E-state index in [9.17, 15) is 4.48 Å². The fraction of sp³-hybridized carbons (Fsp3) is 0.667. The first-order valence-corrected chi connectivity index (χ1v) is 2.89. The Hall–Kier alpha value is -0.730. The van der Waals surface area contributed by atoms with E-state index in [-0.39, 0.29) is 6.04 Å². The molecule has 0 radical (unpaired) electrons. The van der Waals surface area contributed by atoms with Gasteiger partial charge in [0.05, 0.1) is 0 Å². The molecular formula is C6H13FN2. The molecule has 0 aliphatic carbocycles. The minimum atomic E-state index is 0.232. The Labute approximate surface area is 55.3 Å². The molecule has 2 nitrogen and oxygen atoms in total. The van der Waals surface area contributed by atoms with Crippen molar-refractivity contribution in [2.45, 2.75) is 19.9 Å². The molecule has 3 heteroatoms. The molecule has 0 atom stereocenters. The van der Waals surface area contributed by atoms with Gasteiger partial charge >= 0.3 is 0 Å².